The van der Waals surface area contributed by atoms with Gasteiger partial charge in [0.15, 0.2) is 0 Å². The molecule has 3 fully saturated rings. The quantitative estimate of drug-likeness (QED) is 0.812. The molecule has 0 aromatic heterocycles. The SMILES string of the molecule is FC(F)(F)C1(NC2CCOC3(CCC3)C2)CC1. The molecule has 0 radical (unpaired) electrons. The van der Waals surface area contributed by atoms with E-state index < -0.39 is 11.7 Å². The van der Waals surface area contributed by atoms with Gasteiger partial charge >= 0.3 is 6.18 Å². The zero-order valence-corrected chi connectivity index (χ0v) is 9.78. The summed E-state index contributed by atoms with van der Waals surface area (Å²) in [6.45, 7) is 0.603. The van der Waals surface area contributed by atoms with Gasteiger partial charge in [-0.2, -0.15) is 13.2 Å². The van der Waals surface area contributed by atoms with Crippen molar-refractivity contribution >= 4 is 0 Å². The molecule has 3 rings (SSSR count). The first kappa shape index (κ1) is 11.8. The molecule has 0 bridgehead atoms. The highest BCUT2D eigenvalue weighted by Gasteiger charge is 2.64. The molecule has 5 heteroatoms. The lowest BCUT2D eigenvalue weighted by Gasteiger charge is -2.48. The molecule has 2 nitrogen and oxygen atoms in total. The molecule has 17 heavy (non-hydrogen) atoms. The van der Waals surface area contributed by atoms with Crippen LogP contribution in [0.4, 0.5) is 13.2 Å². The van der Waals surface area contributed by atoms with Crippen LogP contribution in [0, 0.1) is 0 Å². The molecule has 2 aliphatic carbocycles. The van der Waals surface area contributed by atoms with E-state index in [0.29, 0.717) is 13.0 Å². The highest BCUT2D eigenvalue weighted by atomic mass is 19.4. The lowest BCUT2D eigenvalue weighted by atomic mass is 9.74. The molecule has 0 amide bonds. The molecule has 1 N–H and O–H groups in total. The standard InChI is InChI=1S/C12H18F3NO/c13-12(14,15)11(5-6-11)16-9-2-7-17-10(8-9)3-1-4-10/h9,16H,1-8H2. The molecule has 2 saturated carbocycles. The monoisotopic (exact) mass is 249 g/mol. The number of nitrogens with one attached hydrogen (secondary N) is 1. The van der Waals surface area contributed by atoms with E-state index in [0.717, 1.165) is 25.7 Å². The van der Waals surface area contributed by atoms with E-state index in [-0.39, 0.29) is 24.5 Å². The van der Waals surface area contributed by atoms with Crippen LogP contribution >= 0.6 is 0 Å². The largest absolute Gasteiger partial charge is 0.406 e. The minimum atomic E-state index is -4.10. The van der Waals surface area contributed by atoms with Crippen LogP contribution in [0.15, 0.2) is 0 Å². The Morgan fingerprint density at radius 3 is 2.29 bits per heavy atom. The molecule has 1 spiro atoms. The Labute approximate surface area is 98.9 Å². The number of ether oxygens (including phenoxy) is 1. The highest BCUT2D eigenvalue weighted by molar-refractivity contribution is 5.10. The van der Waals surface area contributed by atoms with Crippen LogP contribution in [0.5, 0.6) is 0 Å². The number of rotatable bonds is 2. The van der Waals surface area contributed by atoms with Gasteiger partial charge in [-0.15, -0.1) is 0 Å². The molecule has 98 valence electrons. The van der Waals surface area contributed by atoms with Crippen molar-refractivity contribution < 1.29 is 17.9 Å². The minimum absolute atomic E-state index is 0.0202. The Hall–Kier alpha value is -0.290. The topological polar surface area (TPSA) is 21.3 Å². The summed E-state index contributed by atoms with van der Waals surface area (Å²) < 4.78 is 44.3. The Morgan fingerprint density at radius 1 is 1.12 bits per heavy atom. The van der Waals surface area contributed by atoms with E-state index >= 15 is 0 Å². The molecule has 1 heterocycles. The molecule has 0 aromatic carbocycles. The van der Waals surface area contributed by atoms with Gasteiger partial charge in [-0.1, -0.05) is 0 Å². The number of alkyl halides is 3. The maximum atomic E-state index is 12.8. The second-order valence-electron chi connectivity index (χ2n) is 5.80. The van der Waals surface area contributed by atoms with Gasteiger partial charge in [-0.3, -0.25) is 0 Å². The smallest absolute Gasteiger partial charge is 0.375 e. The highest BCUT2D eigenvalue weighted by Crippen LogP contribution is 2.50. The van der Waals surface area contributed by atoms with E-state index in [1.807, 2.05) is 0 Å². The van der Waals surface area contributed by atoms with Gasteiger partial charge in [-0.05, 0) is 44.9 Å². The Balaban J connectivity index is 1.62. The summed E-state index contributed by atoms with van der Waals surface area (Å²) in [4.78, 5) is 0. The lowest BCUT2D eigenvalue weighted by molar-refractivity contribution is -0.178. The van der Waals surface area contributed by atoms with Crippen LogP contribution in [0.25, 0.3) is 0 Å². The first-order valence-corrected chi connectivity index (χ1v) is 6.43. The zero-order valence-electron chi connectivity index (χ0n) is 9.78. The van der Waals surface area contributed by atoms with Crippen molar-refractivity contribution in [3.05, 3.63) is 0 Å². The van der Waals surface area contributed by atoms with E-state index in [2.05, 4.69) is 5.32 Å². The first-order chi connectivity index (χ1) is 7.95. The van der Waals surface area contributed by atoms with Gasteiger partial charge in [-0.25, -0.2) is 0 Å². The van der Waals surface area contributed by atoms with Crippen molar-refractivity contribution in [3.8, 4) is 0 Å². The Bertz CT molecular complexity index is 307. The van der Waals surface area contributed by atoms with Crippen LogP contribution in [0.2, 0.25) is 0 Å². The van der Waals surface area contributed by atoms with Crippen molar-refractivity contribution in [1.82, 2.24) is 5.32 Å². The third-order valence-electron chi connectivity index (χ3n) is 4.53. The molecular weight excluding hydrogens is 231 g/mol. The third-order valence-corrected chi connectivity index (χ3v) is 4.53. The average Bonchev–Trinajstić information content (AvgIpc) is 2.96. The first-order valence-electron chi connectivity index (χ1n) is 6.43. The molecular formula is C12H18F3NO. The summed E-state index contributed by atoms with van der Waals surface area (Å²) in [5, 5.41) is 2.86. The molecule has 1 saturated heterocycles. The summed E-state index contributed by atoms with van der Waals surface area (Å²) >= 11 is 0. The fourth-order valence-electron chi connectivity index (χ4n) is 3.10. The van der Waals surface area contributed by atoms with E-state index in [4.69, 9.17) is 4.74 Å². The van der Waals surface area contributed by atoms with Crippen molar-refractivity contribution in [2.45, 2.75) is 68.3 Å². The van der Waals surface area contributed by atoms with Crippen molar-refractivity contribution in [3.63, 3.8) is 0 Å². The molecule has 1 aliphatic heterocycles. The fourth-order valence-corrected chi connectivity index (χ4v) is 3.10. The maximum absolute atomic E-state index is 12.8. The van der Waals surface area contributed by atoms with Gasteiger partial charge in [0.05, 0.1) is 5.60 Å². The number of hydrogen-bond donors (Lipinski definition) is 1. The van der Waals surface area contributed by atoms with E-state index in [1.54, 1.807) is 0 Å². The summed E-state index contributed by atoms with van der Waals surface area (Å²) in [6.07, 6.45) is 1.02. The van der Waals surface area contributed by atoms with Crippen LogP contribution in [-0.2, 0) is 4.74 Å². The summed E-state index contributed by atoms with van der Waals surface area (Å²) in [5.74, 6) is 0. The van der Waals surface area contributed by atoms with Crippen LogP contribution in [0.3, 0.4) is 0 Å². The Morgan fingerprint density at radius 2 is 1.82 bits per heavy atom. The normalized spacial score (nSPS) is 34.4. The van der Waals surface area contributed by atoms with E-state index in [9.17, 15) is 13.2 Å². The van der Waals surface area contributed by atoms with Crippen molar-refractivity contribution in [2.75, 3.05) is 6.61 Å². The van der Waals surface area contributed by atoms with Crippen LogP contribution in [0.1, 0.15) is 44.9 Å². The molecule has 3 aliphatic rings. The molecule has 1 unspecified atom stereocenters. The maximum Gasteiger partial charge on any atom is 0.406 e. The van der Waals surface area contributed by atoms with Crippen LogP contribution in [-0.4, -0.2) is 30.0 Å². The van der Waals surface area contributed by atoms with Gasteiger partial charge in [0.1, 0.15) is 5.54 Å². The number of hydrogen-bond acceptors (Lipinski definition) is 2. The van der Waals surface area contributed by atoms with Gasteiger partial charge in [0.2, 0.25) is 0 Å². The second kappa shape index (κ2) is 3.60. The summed E-state index contributed by atoms with van der Waals surface area (Å²) in [5.41, 5.74) is -1.66. The third kappa shape index (κ3) is 1.97. The second-order valence-corrected chi connectivity index (χ2v) is 5.80. The summed E-state index contributed by atoms with van der Waals surface area (Å²) in [6, 6.07) is -0.0202. The van der Waals surface area contributed by atoms with Gasteiger partial charge < -0.3 is 10.1 Å². The minimum Gasteiger partial charge on any atom is -0.375 e. The average molecular weight is 249 g/mol. The van der Waals surface area contributed by atoms with E-state index in [1.165, 1.54) is 0 Å². The van der Waals surface area contributed by atoms with Crippen LogP contribution < -0.4 is 5.32 Å². The molecule has 1 atom stereocenters. The number of halogens is 3. The van der Waals surface area contributed by atoms with Crippen molar-refractivity contribution in [1.29, 1.82) is 0 Å². The van der Waals surface area contributed by atoms with Gasteiger partial charge in [0.25, 0.3) is 0 Å². The fraction of sp³-hybridized carbons (Fsp3) is 1.00. The van der Waals surface area contributed by atoms with Gasteiger partial charge in [0, 0.05) is 12.6 Å². The predicted octanol–water partition coefficient (Wildman–Crippen LogP) is 2.77. The van der Waals surface area contributed by atoms with Crippen molar-refractivity contribution in [2.24, 2.45) is 0 Å². The molecule has 0 aromatic rings. The Kier molecular flexibility index (Phi) is 2.50. The lowest BCUT2D eigenvalue weighted by Crippen LogP contribution is -2.56. The summed E-state index contributed by atoms with van der Waals surface area (Å²) in [7, 11) is 0. The predicted molar refractivity (Wildman–Crippen MR) is 56.7 cm³/mol. The zero-order chi connectivity index (χ0) is 12.1.